The van der Waals surface area contributed by atoms with E-state index in [1.54, 1.807) is 0 Å². The van der Waals surface area contributed by atoms with Crippen LogP contribution in [0.3, 0.4) is 0 Å². The molecule has 0 saturated carbocycles. The second kappa shape index (κ2) is 9.93. The van der Waals surface area contributed by atoms with Crippen LogP contribution in [-0.2, 0) is 9.59 Å². The Morgan fingerprint density at radius 3 is 2.10 bits per heavy atom. The Morgan fingerprint density at radius 1 is 1.05 bits per heavy atom. The zero-order valence-corrected chi connectivity index (χ0v) is 13.2. The normalized spacial score (nSPS) is 11.9. The highest BCUT2D eigenvalue weighted by Gasteiger charge is 2.14. The van der Waals surface area contributed by atoms with E-state index in [-0.39, 0.29) is 11.1 Å². The molecule has 0 rings (SSSR count). The fourth-order valence-electron chi connectivity index (χ4n) is 1.62. The molecule has 3 N–H and O–H groups in total. The molecule has 7 nitrogen and oxygen atoms in total. The second-order valence-corrected chi connectivity index (χ2v) is 4.65. The fourth-order valence-corrected chi connectivity index (χ4v) is 1.62. The number of hydrogen-bond acceptors (Lipinski definition) is 4. The number of amides is 3. The first-order valence-corrected chi connectivity index (χ1v) is 7.05. The van der Waals surface area contributed by atoms with Gasteiger partial charge in [0.2, 0.25) is 0 Å². The highest BCUT2D eigenvalue weighted by molar-refractivity contribution is 6.07. The minimum atomic E-state index is -1.18. The highest BCUT2D eigenvalue weighted by atomic mass is 16.4. The largest absolute Gasteiger partial charge is 0.478 e. The van der Waals surface area contributed by atoms with Crippen molar-refractivity contribution >= 4 is 17.9 Å². The minimum absolute atomic E-state index is 0.0146. The highest BCUT2D eigenvalue weighted by Crippen LogP contribution is 2.03. The molecule has 0 atom stereocenters. The number of carboxylic acids is 1. The van der Waals surface area contributed by atoms with Crippen molar-refractivity contribution in [2.45, 2.75) is 34.1 Å². The van der Waals surface area contributed by atoms with E-state index in [2.05, 4.69) is 29.4 Å². The molecule has 21 heavy (non-hydrogen) atoms. The number of nitrogens with zero attached hydrogens (tertiary/aromatic N) is 1. The second-order valence-electron chi connectivity index (χ2n) is 4.65. The first-order chi connectivity index (χ1) is 9.83. The molecule has 0 aliphatic heterocycles. The van der Waals surface area contributed by atoms with Gasteiger partial charge in [-0.25, -0.2) is 9.59 Å². The van der Waals surface area contributed by atoms with E-state index in [0.29, 0.717) is 6.54 Å². The van der Waals surface area contributed by atoms with Gasteiger partial charge in [0.15, 0.2) is 0 Å². The van der Waals surface area contributed by atoms with Crippen LogP contribution in [0.2, 0.25) is 0 Å². The number of carbonyl (C=O) groups excluding carboxylic acids is 2. The van der Waals surface area contributed by atoms with Gasteiger partial charge in [-0.1, -0.05) is 13.8 Å². The van der Waals surface area contributed by atoms with Gasteiger partial charge >= 0.3 is 12.0 Å². The van der Waals surface area contributed by atoms with Gasteiger partial charge in [-0.15, -0.1) is 0 Å². The van der Waals surface area contributed by atoms with E-state index >= 15 is 0 Å². The lowest BCUT2D eigenvalue weighted by Crippen LogP contribution is -2.41. The summed E-state index contributed by atoms with van der Waals surface area (Å²) in [4.78, 5) is 36.1. The Morgan fingerprint density at radius 2 is 1.62 bits per heavy atom. The van der Waals surface area contributed by atoms with Crippen LogP contribution in [-0.4, -0.2) is 54.1 Å². The van der Waals surface area contributed by atoms with Crippen LogP contribution in [0.1, 0.15) is 34.1 Å². The molecular formula is C14H25N3O4. The van der Waals surface area contributed by atoms with Crippen LogP contribution >= 0.6 is 0 Å². The summed E-state index contributed by atoms with van der Waals surface area (Å²) in [7, 11) is 0. The zero-order chi connectivity index (χ0) is 16.4. The molecule has 0 aromatic heterocycles. The number of urea groups is 1. The molecule has 0 aliphatic carbocycles. The molecule has 0 unspecified atom stereocenters. The van der Waals surface area contributed by atoms with Crippen molar-refractivity contribution in [3.05, 3.63) is 11.1 Å². The minimum Gasteiger partial charge on any atom is -0.478 e. The van der Waals surface area contributed by atoms with Crippen molar-refractivity contribution in [3.63, 3.8) is 0 Å². The Hall–Kier alpha value is -1.89. The average Bonchev–Trinajstić information content (AvgIpc) is 2.45. The molecule has 0 aromatic carbocycles. The summed E-state index contributed by atoms with van der Waals surface area (Å²) in [6, 6.07) is -0.614. The van der Waals surface area contributed by atoms with Gasteiger partial charge < -0.3 is 15.3 Å². The van der Waals surface area contributed by atoms with E-state index in [4.69, 9.17) is 5.11 Å². The molecule has 0 radical (unpaired) electrons. The Balaban J connectivity index is 4.13. The molecule has 0 fully saturated rings. The molecule has 0 heterocycles. The van der Waals surface area contributed by atoms with Crippen molar-refractivity contribution in [1.29, 1.82) is 0 Å². The summed E-state index contributed by atoms with van der Waals surface area (Å²) in [5.74, 6) is -1.88. The first kappa shape index (κ1) is 19.1. The molecule has 120 valence electrons. The van der Waals surface area contributed by atoms with Crippen LogP contribution in [0.4, 0.5) is 4.79 Å². The summed E-state index contributed by atoms with van der Waals surface area (Å²) in [5, 5.41) is 13.4. The van der Waals surface area contributed by atoms with Crippen molar-refractivity contribution in [2.75, 3.05) is 26.2 Å². The summed E-state index contributed by atoms with van der Waals surface area (Å²) in [6.45, 7) is 10.1. The standard InChI is InChI=1S/C14H25N3O4/c1-5-17(6-2)9-7-8-15-14(21)16-12(18)10(3)11(4)13(19)20/h5-9H2,1-4H3,(H,19,20)(H2,15,16,18,21). The van der Waals surface area contributed by atoms with E-state index in [0.717, 1.165) is 26.1 Å². The number of hydrogen-bond donors (Lipinski definition) is 3. The lowest BCUT2D eigenvalue weighted by molar-refractivity contribution is -0.133. The number of nitrogens with one attached hydrogen (secondary N) is 2. The molecule has 0 bridgehead atoms. The van der Waals surface area contributed by atoms with Crippen LogP contribution in [0.25, 0.3) is 0 Å². The van der Waals surface area contributed by atoms with Crippen molar-refractivity contribution in [1.82, 2.24) is 15.5 Å². The molecule has 7 heteroatoms. The lowest BCUT2D eigenvalue weighted by Gasteiger charge is -2.17. The number of carbonyl (C=O) groups is 3. The number of aliphatic carboxylic acids is 1. The van der Waals surface area contributed by atoms with E-state index in [1.165, 1.54) is 13.8 Å². The lowest BCUT2D eigenvalue weighted by atomic mass is 10.1. The quantitative estimate of drug-likeness (QED) is 0.458. The fraction of sp³-hybridized carbons (Fsp3) is 0.643. The van der Waals surface area contributed by atoms with Gasteiger partial charge in [-0.2, -0.15) is 0 Å². The summed E-state index contributed by atoms with van der Waals surface area (Å²) < 4.78 is 0. The smallest absolute Gasteiger partial charge is 0.331 e. The van der Waals surface area contributed by atoms with Crippen molar-refractivity contribution in [2.24, 2.45) is 0 Å². The zero-order valence-electron chi connectivity index (χ0n) is 13.2. The third kappa shape index (κ3) is 7.45. The van der Waals surface area contributed by atoms with Gasteiger partial charge in [0.25, 0.3) is 5.91 Å². The predicted molar refractivity (Wildman–Crippen MR) is 80.0 cm³/mol. The maximum absolute atomic E-state index is 11.6. The molecule has 0 saturated heterocycles. The summed E-state index contributed by atoms with van der Waals surface area (Å²) in [6.07, 6.45) is 0.784. The van der Waals surface area contributed by atoms with Crippen molar-refractivity contribution < 1.29 is 19.5 Å². The van der Waals surface area contributed by atoms with Crippen molar-refractivity contribution in [3.8, 4) is 0 Å². The Kier molecular flexibility index (Phi) is 9.03. The molecular weight excluding hydrogens is 274 g/mol. The van der Waals surface area contributed by atoms with Gasteiger partial charge in [0.05, 0.1) is 0 Å². The maximum Gasteiger partial charge on any atom is 0.331 e. The van der Waals surface area contributed by atoms with Gasteiger partial charge in [0.1, 0.15) is 0 Å². The van der Waals surface area contributed by atoms with Gasteiger partial charge in [-0.3, -0.25) is 10.1 Å². The summed E-state index contributed by atoms with van der Waals surface area (Å²) in [5.41, 5.74) is -0.0670. The average molecular weight is 299 g/mol. The van der Waals surface area contributed by atoms with Crippen LogP contribution in [0.15, 0.2) is 11.1 Å². The number of rotatable bonds is 8. The Labute approximate surface area is 125 Å². The van der Waals surface area contributed by atoms with E-state index in [1.807, 2.05) is 0 Å². The monoisotopic (exact) mass is 299 g/mol. The molecule has 0 aliphatic rings. The van der Waals surface area contributed by atoms with Gasteiger partial charge in [-0.05, 0) is 39.9 Å². The molecule has 0 spiro atoms. The molecule has 0 aromatic rings. The third-order valence-corrected chi connectivity index (χ3v) is 3.28. The maximum atomic E-state index is 11.6. The Bertz CT molecular complexity index is 414. The first-order valence-electron chi connectivity index (χ1n) is 7.05. The van der Waals surface area contributed by atoms with Crippen LogP contribution < -0.4 is 10.6 Å². The van der Waals surface area contributed by atoms with E-state index < -0.39 is 17.9 Å². The SMILES string of the molecule is CCN(CC)CCCNC(=O)NC(=O)C(C)=C(C)C(=O)O. The summed E-state index contributed by atoms with van der Waals surface area (Å²) >= 11 is 0. The predicted octanol–water partition coefficient (Wildman–Crippen LogP) is 0.965. The molecule has 3 amide bonds. The van der Waals surface area contributed by atoms with Crippen LogP contribution in [0.5, 0.6) is 0 Å². The van der Waals surface area contributed by atoms with Crippen LogP contribution in [0, 0.1) is 0 Å². The number of imide groups is 1. The van der Waals surface area contributed by atoms with Gasteiger partial charge in [0, 0.05) is 17.7 Å². The third-order valence-electron chi connectivity index (χ3n) is 3.28. The topological polar surface area (TPSA) is 98.7 Å². The number of carboxylic acid groups (broad SMARTS) is 1. The van der Waals surface area contributed by atoms with E-state index in [9.17, 15) is 14.4 Å².